The van der Waals surface area contributed by atoms with Crippen LogP contribution in [0.2, 0.25) is 0 Å². The van der Waals surface area contributed by atoms with E-state index in [4.69, 9.17) is 5.11 Å². The van der Waals surface area contributed by atoms with E-state index in [1.807, 2.05) is 0 Å². The molecule has 1 aromatic rings. The Bertz CT molecular complexity index is 560. The SMILES string of the molecule is Cn1cccc(C(=O)NC(CC2CC2)C(=O)O)c1=O. The van der Waals surface area contributed by atoms with Crippen molar-refractivity contribution in [1.29, 1.82) is 0 Å². The molecule has 1 unspecified atom stereocenters. The van der Waals surface area contributed by atoms with Crippen LogP contribution in [-0.2, 0) is 11.8 Å². The van der Waals surface area contributed by atoms with Crippen LogP contribution in [0, 0.1) is 5.92 Å². The Kier molecular flexibility index (Phi) is 3.69. The van der Waals surface area contributed by atoms with Gasteiger partial charge >= 0.3 is 5.97 Å². The highest BCUT2D eigenvalue weighted by atomic mass is 16.4. The van der Waals surface area contributed by atoms with Crippen molar-refractivity contribution in [3.63, 3.8) is 0 Å². The third-order valence-corrected chi connectivity index (χ3v) is 3.24. The van der Waals surface area contributed by atoms with E-state index in [0.717, 1.165) is 12.8 Å². The number of aliphatic carboxylic acids is 1. The van der Waals surface area contributed by atoms with E-state index in [-0.39, 0.29) is 5.56 Å². The zero-order valence-corrected chi connectivity index (χ0v) is 10.6. The number of carbonyl (C=O) groups is 2. The number of nitrogens with zero attached hydrogens (tertiary/aromatic N) is 1. The molecule has 0 radical (unpaired) electrons. The highest BCUT2D eigenvalue weighted by Crippen LogP contribution is 2.33. The van der Waals surface area contributed by atoms with Crippen molar-refractivity contribution in [2.75, 3.05) is 0 Å². The average molecular weight is 264 g/mol. The molecule has 0 aromatic carbocycles. The molecule has 1 fully saturated rings. The second-order valence-electron chi connectivity index (χ2n) is 4.88. The fourth-order valence-corrected chi connectivity index (χ4v) is 1.91. The first-order valence-electron chi connectivity index (χ1n) is 6.18. The maximum atomic E-state index is 11.9. The average Bonchev–Trinajstić information content (AvgIpc) is 3.15. The van der Waals surface area contributed by atoms with Gasteiger partial charge in [0.1, 0.15) is 11.6 Å². The van der Waals surface area contributed by atoms with Gasteiger partial charge in [0.2, 0.25) is 0 Å². The van der Waals surface area contributed by atoms with Crippen molar-refractivity contribution in [1.82, 2.24) is 9.88 Å². The van der Waals surface area contributed by atoms with Crippen LogP contribution in [0.1, 0.15) is 29.6 Å². The zero-order valence-electron chi connectivity index (χ0n) is 10.6. The number of amides is 1. The van der Waals surface area contributed by atoms with Crippen molar-refractivity contribution in [3.8, 4) is 0 Å². The van der Waals surface area contributed by atoms with Gasteiger partial charge in [0, 0.05) is 13.2 Å². The van der Waals surface area contributed by atoms with E-state index in [1.165, 1.54) is 23.9 Å². The number of aromatic nitrogens is 1. The lowest BCUT2D eigenvalue weighted by Gasteiger charge is -2.14. The summed E-state index contributed by atoms with van der Waals surface area (Å²) in [6.45, 7) is 0. The summed E-state index contributed by atoms with van der Waals surface area (Å²) in [6, 6.07) is 2.05. The van der Waals surface area contributed by atoms with Gasteiger partial charge in [0.15, 0.2) is 0 Å². The first-order chi connectivity index (χ1) is 8.99. The predicted molar refractivity (Wildman–Crippen MR) is 67.9 cm³/mol. The maximum absolute atomic E-state index is 11.9. The highest BCUT2D eigenvalue weighted by Gasteiger charge is 2.30. The molecule has 1 saturated carbocycles. The number of hydrogen-bond donors (Lipinski definition) is 2. The van der Waals surface area contributed by atoms with Crippen LogP contribution in [0.15, 0.2) is 23.1 Å². The van der Waals surface area contributed by atoms with Crippen LogP contribution < -0.4 is 10.9 Å². The molecule has 19 heavy (non-hydrogen) atoms. The summed E-state index contributed by atoms with van der Waals surface area (Å²) >= 11 is 0. The molecule has 1 aliphatic rings. The molecule has 0 bridgehead atoms. The highest BCUT2D eigenvalue weighted by molar-refractivity contribution is 5.96. The van der Waals surface area contributed by atoms with Gasteiger partial charge in [-0.15, -0.1) is 0 Å². The van der Waals surface area contributed by atoms with Crippen LogP contribution in [0.4, 0.5) is 0 Å². The summed E-state index contributed by atoms with van der Waals surface area (Å²) in [7, 11) is 1.54. The van der Waals surface area contributed by atoms with E-state index in [2.05, 4.69) is 5.32 Å². The Labute approximate surface area is 110 Å². The summed E-state index contributed by atoms with van der Waals surface area (Å²) in [5.74, 6) is -1.32. The lowest BCUT2D eigenvalue weighted by molar-refractivity contribution is -0.139. The Morgan fingerprint density at radius 1 is 1.53 bits per heavy atom. The van der Waals surface area contributed by atoms with Crippen LogP contribution in [0.5, 0.6) is 0 Å². The molecule has 2 N–H and O–H groups in total. The number of carboxylic acids is 1. The summed E-state index contributed by atoms with van der Waals surface area (Å²) < 4.78 is 1.28. The molecule has 2 rings (SSSR count). The summed E-state index contributed by atoms with van der Waals surface area (Å²) in [4.78, 5) is 34.8. The van der Waals surface area contributed by atoms with Crippen molar-refractivity contribution in [2.45, 2.75) is 25.3 Å². The Morgan fingerprint density at radius 3 is 2.79 bits per heavy atom. The van der Waals surface area contributed by atoms with Crippen LogP contribution in [0.3, 0.4) is 0 Å². The van der Waals surface area contributed by atoms with Crippen molar-refractivity contribution < 1.29 is 14.7 Å². The van der Waals surface area contributed by atoms with E-state index in [0.29, 0.717) is 12.3 Å². The first kappa shape index (κ1) is 13.3. The van der Waals surface area contributed by atoms with Crippen LogP contribution in [-0.4, -0.2) is 27.6 Å². The van der Waals surface area contributed by atoms with Crippen molar-refractivity contribution in [3.05, 3.63) is 34.2 Å². The molecular weight excluding hydrogens is 248 g/mol. The molecule has 0 spiro atoms. The lowest BCUT2D eigenvalue weighted by atomic mass is 10.1. The summed E-state index contributed by atoms with van der Waals surface area (Å²) in [5, 5.41) is 11.5. The molecule has 1 aromatic heterocycles. The minimum absolute atomic E-state index is 0.0351. The molecule has 6 nitrogen and oxygen atoms in total. The van der Waals surface area contributed by atoms with Gasteiger partial charge in [-0.1, -0.05) is 12.8 Å². The monoisotopic (exact) mass is 264 g/mol. The maximum Gasteiger partial charge on any atom is 0.326 e. The minimum atomic E-state index is -1.06. The van der Waals surface area contributed by atoms with Gasteiger partial charge in [-0.2, -0.15) is 0 Å². The van der Waals surface area contributed by atoms with Crippen molar-refractivity contribution in [2.24, 2.45) is 13.0 Å². The lowest BCUT2D eigenvalue weighted by Crippen LogP contribution is -2.43. The second kappa shape index (κ2) is 5.26. The van der Waals surface area contributed by atoms with Gasteiger partial charge in [-0.3, -0.25) is 9.59 Å². The van der Waals surface area contributed by atoms with Gasteiger partial charge in [-0.25, -0.2) is 4.79 Å². The molecule has 1 atom stereocenters. The van der Waals surface area contributed by atoms with Gasteiger partial charge in [0.05, 0.1) is 0 Å². The predicted octanol–water partition coefficient (Wildman–Crippen LogP) is 0.368. The standard InChI is InChI=1S/C13H16N2O4/c1-15-6-2-3-9(12(15)17)11(16)14-10(13(18)19)7-8-4-5-8/h2-3,6,8,10H,4-5,7H2,1H3,(H,14,16)(H,18,19). The molecular formula is C13H16N2O4. The van der Waals surface area contributed by atoms with E-state index < -0.39 is 23.5 Å². The van der Waals surface area contributed by atoms with Crippen molar-refractivity contribution >= 4 is 11.9 Å². The number of carbonyl (C=O) groups excluding carboxylic acids is 1. The number of aryl methyl sites for hydroxylation is 1. The molecule has 1 amide bonds. The Hall–Kier alpha value is -2.11. The van der Waals surface area contributed by atoms with Gasteiger partial charge in [-0.05, 0) is 24.5 Å². The molecule has 1 aliphatic carbocycles. The quantitative estimate of drug-likeness (QED) is 0.804. The molecule has 6 heteroatoms. The number of nitrogens with one attached hydrogen (secondary N) is 1. The van der Waals surface area contributed by atoms with Gasteiger partial charge < -0.3 is 15.0 Å². The summed E-state index contributed by atoms with van der Waals surface area (Å²) in [6.07, 6.45) is 3.98. The topological polar surface area (TPSA) is 88.4 Å². The Morgan fingerprint density at radius 2 is 2.21 bits per heavy atom. The van der Waals surface area contributed by atoms with Crippen LogP contribution >= 0.6 is 0 Å². The fourth-order valence-electron chi connectivity index (χ4n) is 1.91. The third kappa shape index (κ3) is 3.21. The number of hydrogen-bond acceptors (Lipinski definition) is 3. The van der Waals surface area contributed by atoms with Gasteiger partial charge in [0.25, 0.3) is 11.5 Å². The first-order valence-corrected chi connectivity index (χ1v) is 6.18. The molecule has 1 heterocycles. The number of carboxylic acid groups (broad SMARTS) is 1. The normalized spacial score (nSPS) is 15.8. The largest absolute Gasteiger partial charge is 0.480 e. The molecule has 102 valence electrons. The van der Waals surface area contributed by atoms with E-state index >= 15 is 0 Å². The molecule has 0 aliphatic heterocycles. The smallest absolute Gasteiger partial charge is 0.326 e. The number of pyridine rings is 1. The number of rotatable bonds is 5. The Balaban J connectivity index is 2.12. The second-order valence-corrected chi connectivity index (χ2v) is 4.88. The zero-order chi connectivity index (χ0) is 14.0. The minimum Gasteiger partial charge on any atom is -0.480 e. The van der Waals surface area contributed by atoms with E-state index in [1.54, 1.807) is 6.07 Å². The summed E-state index contributed by atoms with van der Waals surface area (Å²) in [5.41, 5.74) is -0.470. The third-order valence-electron chi connectivity index (χ3n) is 3.24. The van der Waals surface area contributed by atoms with Crippen LogP contribution in [0.25, 0.3) is 0 Å². The molecule has 0 saturated heterocycles. The fraction of sp³-hybridized carbons (Fsp3) is 0.462. The van der Waals surface area contributed by atoms with E-state index in [9.17, 15) is 14.4 Å².